The zero-order valence-corrected chi connectivity index (χ0v) is 12.3. The third kappa shape index (κ3) is 3.03. The molecule has 0 radical (unpaired) electrons. The minimum Gasteiger partial charge on any atom is -0.349 e. The molecular weight excluding hydrogens is 300 g/mol. The van der Waals surface area contributed by atoms with E-state index in [2.05, 4.69) is 13.2 Å². The van der Waals surface area contributed by atoms with Gasteiger partial charge in [0.1, 0.15) is 24.4 Å². The number of hydrogen-bond donors (Lipinski definition) is 0. The van der Waals surface area contributed by atoms with Crippen LogP contribution in [0.1, 0.15) is 0 Å². The van der Waals surface area contributed by atoms with Crippen LogP contribution in [0, 0.1) is 0 Å². The van der Waals surface area contributed by atoms with Crippen LogP contribution in [0.2, 0.25) is 0 Å². The maximum atomic E-state index is 5.89. The molecule has 6 nitrogen and oxygen atoms in total. The van der Waals surface area contributed by atoms with E-state index in [9.17, 15) is 0 Å². The zero-order valence-electron chi connectivity index (χ0n) is 11.6. The van der Waals surface area contributed by atoms with Gasteiger partial charge in [-0.05, 0) is 12.2 Å². The van der Waals surface area contributed by atoms with E-state index in [4.69, 9.17) is 40.0 Å². The Bertz CT molecular complexity index is 392. The zero-order chi connectivity index (χ0) is 14.8. The number of halogens is 1. The van der Waals surface area contributed by atoms with Gasteiger partial charge in [0, 0.05) is 5.88 Å². The molecule has 0 aliphatic carbocycles. The van der Waals surface area contributed by atoms with E-state index in [1.54, 1.807) is 12.2 Å². The van der Waals surface area contributed by atoms with Gasteiger partial charge in [-0.3, -0.25) is 0 Å². The van der Waals surface area contributed by atoms with E-state index in [0.717, 1.165) is 0 Å². The minimum atomic E-state index is -0.563. The Morgan fingerprint density at radius 3 is 2.43 bits per heavy atom. The van der Waals surface area contributed by atoms with Crippen LogP contribution in [0.15, 0.2) is 25.3 Å². The Hall–Kier alpha value is -0.470. The maximum absolute atomic E-state index is 5.89. The van der Waals surface area contributed by atoms with Crippen molar-refractivity contribution in [3.63, 3.8) is 0 Å². The summed E-state index contributed by atoms with van der Waals surface area (Å²) in [7, 11) is 0. The second kappa shape index (κ2) is 6.75. The minimum absolute atomic E-state index is 0.282. The summed E-state index contributed by atoms with van der Waals surface area (Å²) in [5.74, 6) is 0.378. The third-order valence-electron chi connectivity index (χ3n) is 3.63. The van der Waals surface area contributed by atoms with Crippen molar-refractivity contribution in [3.8, 4) is 0 Å². The van der Waals surface area contributed by atoms with Crippen LogP contribution in [0.5, 0.6) is 0 Å². The lowest BCUT2D eigenvalue weighted by Crippen LogP contribution is -2.62. The topological polar surface area (TPSA) is 55.4 Å². The Morgan fingerprint density at radius 2 is 1.71 bits per heavy atom. The Balaban J connectivity index is 1.76. The average molecular weight is 319 g/mol. The molecule has 0 spiro atoms. The predicted octanol–water partition coefficient (Wildman–Crippen LogP) is 1.19. The van der Waals surface area contributed by atoms with Gasteiger partial charge in [-0.15, -0.1) is 11.6 Å². The van der Waals surface area contributed by atoms with Crippen LogP contribution >= 0.6 is 11.6 Å². The van der Waals surface area contributed by atoms with Crippen molar-refractivity contribution in [1.82, 2.24) is 0 Å². The molecule has 21 heavy (non-hydrogen) atoms. The first-order chi connectivity index (χ1) is 10.3. The molecule has 3 aliphatic rings. The lowest BCUT2D eigenvalue weighted by atomic mass is 9.98. The van der Waals surface area contributed by atoms with Gasteiger partial charge in [0.25, 0.3) is 0 Å². The number of alkyl halides is 1. The number of ether oxygens (including phenoxy) is 6. The first-order valence-corrected chi connectivity index (χ1v) is 7.46. The molecular formula is C14H19ClO6. The Kier molecular flexibility index (Phi) is 4.96. The smallest absolute Gasteiger partial charge is 0.187 e. The summed E-state index contributed by atoms with van der Waals surface area (Å²) < 4.78 is 34.4. The van der Waals surface area contributed by atoms with Gasteiger partial charge in [0.15, 0.2) is 18.9 Å². The molecule has 7 heteroatoms. The highest BCUT2D eigenvalue weighted by atomic mass is 35.5. The summed E-state index contributed by atoms with van der Waals surface area (Å²) in [4.78, 5) is 0. The molecule has 0 unspecified atom stereocenters. The summed E-state index contributed by atoms with van der Waals surface area (Å²) in [5.41, 5.74) is 0. The van der Waals surface area contributed by atoms with E-state index >= 15 is 0 Å². The second-order valence-corrected chi connectivity index (χ2v) is 5.32. The fourth-order valence-corrected chi connectivity index (χ4v) is 2.82. The number of fused-ring (bicyclic) bond motifs is 3. The summed E-state index contributed by atoms with van der Waals surface area (Å²) >= 11 is 5.67. The number of rotatable bonds is 5. The molecule has 0 bridgehead atoms. The molecule has 3 fully saturated rings. The van der Waals surface area contributed by atoms with E-state index in [1.165, 1.54) is 0 Å². The Labute approximate surface area is 128 Å². The molecule has 0 aromatic rings. The third-order valence-corrected chi connectivity index (χ3v) is 3.79. The van der Waals surface area contributed by atoms with Gasteiger partial charge in [0.05, 0.1) is 13.2 Å². The van der Waals surface area contributed by atoms with E-state index in [1.807, 2.05) is 0 Å². The largest absolute Gasteiger partial charge is 0.349 e. The summed E-state index contributed by atoms with van der Waals surface area (Å²) in [6.45, 7) is 8.11. The highest BCUT2D eigenvalue weighted by Crippen LogP contribution is 2.37. The maximum Gasteiger partial charge on any atom is 0.187 e. The van der Waals surface area contributed by atoms with Crippen molar-refractivity contribution < 1.29 is 28.4 Å². The molecule has 3 saturated heterocycles. The molecule has 3 rings (SSSR count). The molecule has 3 aliphatic heterocycles. The van der Waals surface area contributed by atoms with Crippen molar-refractivity contribution in [2.75, 3.05) is 19.1 Å². The molecule has 0 aromatic carbocycles. The van der Waals surface area contributed by atoms with Crippen LogP contribution in [-0.4, -0.2) is 62.4 Å². The highest BCUT2D eigenvalue weighted by Gasteiger charge is 2.55. The predicted molar refractivity (Wildman–Crippen MR) is 73.9 cm³/mol. The van der Waals surface area contributed by atoms with E-state index < -0.39 is 18.9 Å². The van der Waals surface area contributed by atoms with Crippen LogP contribution in [0.4, 0.5) is 0 Å². The van der Waals surface area contributed by atoms with Gasteiger partial charge in [-0.1, -0.05) is 13.2 Å². The van der Waals surface area contributed by atoms with Crippen molar-refractivity contribution in [1.29, 1.82) is 0 Å². The van der Waals surface area contributed by atoms with Crippen LogP contribution < -0.4 is 0 Å². The molecule has 0 saturated carbocycles. The normalized spacial score (nSPS) is 45.7. The van der Waals surface area contributed by atoms with Crippen molar-refractivity contribution in [2.45, 2.75) is 43.3 Å². The van der Waals surface area contributed by atoms with E-state index in [0.29, 0.717) is 19.1 Å². The first-order valence-electron chi connectivity index (χ1n) is 6.93. The van der Waals surface area contributed by atoms with Crippen molar-refractivity contribution in [3.05, 3.63) is 25.3 Å². The molecule has 7 atom stereocenters. The Morgan fingerprint density at radius 1 is 1.00 bits per heavy atom. The highest BCUT2D eigenvalue weighted by molar-refractivity contribution is 6.17. The number of hydrogen-bond acceptors (Lipinski definition) is 6. The van der Waals surface area contributed by atoms with Gasteiger partial charge in [-0.25, -0.2) is 0 Å². The van der Waals surface area contributed by atoms with Crippen LogP contribution in [0.25, 0.3) is 0 Å². The van der Waals surface area contributed by atoms with Gasteiger partial charge in [0.2, 0.25) is 0 Å². The lowest BCUT2D eigenvalue weighted by Gasteiger charge is -2.45. The second-order valence-electron chi connectivity index (χ2n) is 4.95. The van der Waals surface area contributed by atoms with E-state index in [-0.39, 0.29) is 24.4 Å². The van der Waals surface area contributed by atoms with Gasteiger partial charge in [-0.2, -0.15) is 0 Å². The summed E-state index contributed by atoms with van der Waals surface area (Å²) in [5, 5.41) is 0. The SMILES string of the molecule is C=C[C@@H]1O[C@H]2[C@H](O1)[C@@H](OCCCl)O[C@@H]1CO[C@H](C=C)O[C@H]21. The summed E-state index contributed by atoms with van der Waals surface area (Å²) in [6, 6.07) is 0. The monoisotopic (exact) mass is 318 g/mol. The summed E-state index contributed by atoms with van der Waals surface area (Å²) in [6.07, 6.45) is 0.382. The van der Waals surface area contributed by atoms with Gasteiger partial charge < -0.3 is 28.4 Å². The van der Waals surface area contributed by atoms with Crippen LogP contribution in [-0.2, 0) is 28.4 Å². The molecule has 0 aromatic heterocycles. The van der Waals surface area contributed by atoms with Crippen molar-refractivity contribution >= 4 is 11.6 Å². The van der Waals surface area contributed by atoms with Crippen molar-refractivity contribution in [2.24, 2.45) is 0 Å². The fourth-order valence-electron chi connectivity index (χ4n) is 2.73. The average Bonchev–Trinajstić information content (AvgIpc) is 2.97. The first kappa shape index (κ1) is 15.4. The van der Waals surface area contributed by atoms with Crippen LogP contribution in [0.3, 0.4) is 0 Å². The molecule has 0 amide bonds. The fraction of sp³-hybridized carbons (Fsp3) is 0.714. The van der Waals surface area contributed by atoms with Gasteiger partial charge >= 0.3 is 0 Å². The molecule has 0 N–H and O–H groups in total. The molecule has 3 heterocycles. The lowest BCUT2D eigenvalue weighted by molar-refractivity contribution is -0.334. The standard InChI is InChI=1S/C14H19ClO6/c1-3-9-17-7-8-11(19-9)12-13(21-10(4-2)20-12)14(18-8)16-6-5-15/h3-4,8-14H,1-2,5-7H2/t8-,9+,10-,11+,12-,13+,14+/m1/s1. The molecule has 118 valence electrons. The quantitative estimate of drug-likeness (QED) is 0.561.